The molecule has 3 heterocycles. The lowest BCUT2D eigenvalue weighted by Crippen LogP contribution is -2.33. The van der Waals surface area contributed by atoms with Gasteiger partial charge in [-0.05, 0) is 49.9 Å². The molecule has 1 amide bonds. The Labute approximate surface area is 178 Å². The van der Waals surface area contributed by atoms with Crippen molar-refractivity contribution in [3.05, 3.63) is 70.5 Å². The summed E-state index contributed by atoms with van der Waals surface area (Å²) in [4.78, 5) is 29.0. The second kappa shape index (κ2) is 8.22. The minimum Gasteiger partial charge on any atom is -0.408 e. The zero-order valence-electron chi connectivity index (χ0n) is 17.1. The van der Waals surface area contributed by atoms with Gasteiger partial charge in [0.1, 0.15) is 12.2 Å². The van der Waals surface area contributed by atoms with E-state index in [4.69, 9.17) is 9.52 Å². The highest BCUT2D eigenvalue weighted by Crippen LogP contribution is 2.30. The van der Waals surface area contributed by atoms with Crippen molar-refractivity contribution >= 4 is 17.0 Å². The van der Waals surface area contributed by atoms with E-state index in [1.54, 1.807) is 24.4 Å². The number of nitrogens with one attached hydrogen (secondary N) is 1. The number of nitrogens with zero attached hydrogens (tertiary/aromatic N) is 4. The maximum absolute atomic E-state index is 12.5. The molecule has 158 valence electrons. The monoisotopic (exact) mass is 417 g/mol. The molecule has 0 spiro atoms. The molecule has 1 N–H and O–H groups in total. The zero-order valence-corrected chi connectivity index (χ0v) is 17.1. The lowest BCUT2D eigenvalue weighted by atomic mass is 9.95. The summed E-state index contributed by atoms with van der Waals surface area (Å²) in [6, 6.07) is 12.9. The van der Waals surface area contributed by atoms with Gasteiger partial charge in [-0.2, -0.15) is 5.10 Å². The van der Waals surface area contributed by atoms with Gasteiger partial charge in [-0.25, -0.2) is 4.79 Å². The Balaban J connectivity index is 1.28. The molecule has 1 aliphatic carbocycles. The second-order valence-corrected chi connectivity index (χ2v) is 7.69. The molecule has 0 fully saturated rings. The predicted molar refractivity (Wildman–Crippen MR) is 116 cm³/mol. The highest BCUT2D eigenvalue weighted by Gasteiger charge is 2.22. The van der Waals surface area contributed by atoms with Crippen molar-refractivity contribution in [2.24, 2.45) is 0 Å². The molecule has 0 unspecified atom stereocenters. The lowest BCUT2D eigenvalue weighted by molar-refractivity contribution is -0.121. The van der Waals surface area contributed by atoms with Gasteiger partial charge in [0.25, 0.3) is 0 Å². The lowest BCUT2D eigenvalue weighted by Gasteiger charge is -2.14. The Bertz CT molecular complexity index is 1290. The molecule has 4 aromatic rings. The normalized spacial score (nSPS) is 13.3. The molecule has 8 nitrogen and oxygen atoms in total. The SMILES string of the molecule is O=C(Cn1c(=O)oc2ccccc21)NCCn1nc(-c2ccccn2)c2c1CCCC2. The number of benzene rings is 1. The highest BCUT2D eigenvalue weighted by molar-refractivity contribution is 5.79. The van der Waals surface area contributed by atoms with Gasteiger partial charge in [0.2, 0.25) is 5.91 Å². The number of aromatic nitrogens is 4. The third-order valence-corrected chi connectivity index (χ3v) is 5.69. The Morgan fingerprint density at radius 1 is 1.10 bits per heavy atom. The van der Waals surface area contributed by atoms with E-state index in [1.165, 1.54) is 15.8 Å². The molecule has 0 saturated heterocycles. The molecule has 0 aliphatic heterocycles. The Morgan fingerprint density at radius 2 is 1.94 bits per heavy atom. The molecule has 0 saturated carbocycles. The van der Waals surface area contributed by atoms with Crippen LogP contribution < -0.4 is 11.1 Å². The van der Waals surface area contributed by atoms with E-state index in [9.17, 15) is 9.59 Å². The maximum atomic E-state index is 12.5. The fourth-order valence-corrected chi connectivity index (χ4v) is 4.23. The van der Waals surface area contributed by atoms with Crippen molar-refractivity contribution < 1.29 is 9.21 Å². The first-order chi connectivity index (χ1) is 15.2. The van der Waals surface area contributed by atoms with Crippen LogP contribution in [0.3, 0.4) is 0 Å². The summed E-state index contributed by atoms with van der Waals surface area (Å²) in [7, 11) is 0. The van der Waals surface area contributed by atoms with E-state index in [1.807, 2.05) is 28.9 Å². The van der Waals surface area contributed by atoms with E-state index < -0.39 is 5.76 Å². The molecular weight excluding hydrogens is 394 g/mol. The van der Waals surface area contributed by atoms with Crippen molar-refractivity contribution in [3.8, 4) is 11.4 Å². The second-order valence-electron chi connectivity index (χ2n) is 7.69. The van der Waals surface area contributed by atoms with Gasteiger partial charge in [0.05, 0.1) is 17.8 Å². The van der Waals surface area contributed by atoms with Gasteiger partial charge in [0.15, 0.2) is 5.58 Å². The summed E-state index contributed by atoms with van der Waals surface area (Å²) in [5, 5.41) is 7.72. The minimum atomic E-state index is -0.530. The number of para-hydroxylation sites is 2. The number of hydrogen-bond donors (Lipinski definition) is 1. The average Bonchev–Trinajstić information content (AvgIpc) is 3.32. The summed E-state index contributed by atoms with van der Waals surface area (Å²) in [6.07, 6.45) is 6.07. The average molecular weight is 417 g/mol. The summed E-state index contributed by atoms with van der Waals surface area (Å²) < 4.78 is 8.53. The van der Waals surface area contributed by atoms with Crippen LogP contribution in [-0.2, 0) is 30.7 Å². The van der Waals surface area contributed by atoms with E-state index in [-0.39, 0.29) is 12.5 Å². The molecular formula is C23H23N5O3. The number of amides is 1. The Hall–Kier alpha value is -3.68. The van der Waals surface area contributed by atoms with E-state index >= 15 is 0 Å². The van der Waals surface area contributed by atoms with Gasteiger partial charge >= 0.3 is 5.76 Å². The van der Waals surface area contributed by atoms with Crippen molar-refractivity contribution in [1.82, 2.24) is 24.6 Å². The topological polar surface area (TPSA) is 94.9 Å². The van der Waals surface area contributed by atoms with Crippen LogP contribution in [-0.4, -0.2) is 31.8 Å². The quantitative estimate of drug-likeness (QED) is 0.520. The predicted octanol–water partition coefficient (Wildman–Crippen LogP) is 2.55. The van der Waals surface area contributed by atoms with Gasteiger partial charge in [0, 0.05) is 24.0 Å². The molecule has 0 bridgehead atoms. The third-order valence-electron chi connectivity index (χ3n) is 5.69. The Morgan fingerprint density at radius 3 is 2.81 bits per heavy atom. The molecule has 31 heavy (non-hydrogen) atoms. The molecule has 8 heteroatoms. The van der Waals surface area contributed by atoms with Crippen LogP contribution in [0.15, 0.2) is 57.9 Å². The van der Waals surface area contributed by atoms with E-state index in [2.05, 4.69) is 10.3 Å². The molecule has 1 aliphatic rings. The van der Waals surface area contributed by atoms with Gasteiger partial charge in [-0.1, -0.05) is 18.2 Å². The summed E-state index contributed by atoms with van der Waals surface area (Å²) in [5.41, 5.74) is 5.42. The minimum absolute atomic E-state index is 0.0771. The number of carbonyl (C=O) groups is 1. The first kappa shape index (κ1) is 19.3. The number of rotatable bonds is 6. The summed E-state index contributed by atoms with van der Waals surface area (Å²) >= 11 is 0. The maximum Gasteiger partial charge on any atom is 0.420 e. The van der Waals surface area contributed by atoms with Crippen LogP contribution >= 0.6 is 0 Å². The molecule has 3 aromatic heterocycles. The summed E-state index contributed by atoms with van der Waals surface area (Å²) in [6.45, 7) is 0.924. The highest BCUT2D eigenvalue weighted by atomic mass is 16.4. The van der Waals surface area contributed by atoms with Crippen molar-refractivity contribution in [2.75, 3.05) is 6.54 Å². The van der Waals surface area contributed by atoms with Gasteiger partial charge < -0.3 is 9.73 Å². The van der Waals surface area contributed by atoms with Gasteiger partial charge in [-0.3, -0.25) is 19.0 Å². The fourth-order valence-electron chi connectivity index (χ4n) is 4.23. The van der Waals surface area contributed by atoms with Crippen LogP contribution in [0.4, 0.5) is 0 Å². The standard InChI is InChI=1S/C23H23N5O3/c29-21(15-27-19-10-3-4-11-20(19)31-23(27)30)25-13-14-28-18-9-2-1-7-16(18)22(26-28)17-8-5-6-12-24-17/h3-6,8,10-12H,1-2,7,9,13-15H2,(H,25,29). The van der Waals surface area contributed by atoms with E-state index in [0.717, 1.165) is 37.1 Å². The fraction of sp³-hybridized carbons (Fsp3) is 0.304. The van der Waals surface area contributed by atoms with Gasteiger partial charge in [-0.15, -0.1) is 0 Å². The number of oxazole rings is 1. The van der Waals surface area contributed by atoms with Crippen molar-refractivity contribution in [3.63, 3.8) is 0 Å². The molecule has 5 rings (SSSR count). The largest absolute Gasteiger partial charge is 0.420 e. The van der Waals surface area contributed by atoms with Crippen LogP contribution in [0.25, 0.3) is 22.5 Å². The van der Waals surface area contributed by atoms with Crippen LogP contribution in [0.5, 0.6) is 0 Å². The Kier molecular flexibility index (Phi) is 5.11. The first-order valence-electron chi connectivity index (χ1n) is 10.6. The van der Waals surface area contributed by atoms with Crippen LogP contribution in [0, 0.1) is 0 Å². The smallest absolute Gasteiger partial charge is 0.408 e. The van der Waals surface area contributed by atoms with Crippen molar-refractivity contribution in [1.29, 1.82) is 0 Å². The number of hydrogen-bond acceptors (Lipinski definition) is 5. The third kappa shape index (κ3) is 3.76. The first-order valence-corrected chi connectivity index (χ1v) is 10.6. The zero-order chi connectivity index (χ0) is 21.2. The molecule has 1 aromatic carbocycles. The van der Waals surface area contributed by atoms with Crippen LogP contribution in [0.2, 0.25) is 0 Å². The molecule has 0 atom stereocenters. The number of carbonyl (C=O) groups excluding carboxylic acids is 1. The molecule has 0 radical (unpaired) electrons. The van der Waals surface area contributed by atoms with Crippen LogP contribution in [0.1, 0.15) is 24.1 Å². The number of fused-ring (bicyclic) bond motifs is 2. The summed E-state index contributed by atoms with van der Waals surface area (Å²) in [5.74, 6) is -0.767. The van der Waals surface area contributed by atoms with Crippen molar-refractivity contribution in [2.45, 2.75) is 38.8 Å². The number of pyridine rings is 1. The van der Waals surface area contributed by atoms with E-state index in [0.29, 0.717) is 24.2 Å².